The summed E-state index contributed by atoms with van der Waals surface area (Å²) in [4.78, 5) is 14.4. The summed E-state index contributed by atoms with van der Waals surface area (Å²) < 4.78 is 0. The fraction of sp³-hybridized carbons (Fsp3) is 0.474. The molecule has 5 nitrogen and oxygen atoms in total. The van der Waals surface area contributed by atoms with E-state index in [0.29, 0.717) is 0 Å². The molecule has 2 rings (SSSR count). The minimum Gasteiger partial charge on any atom is -0.372 e. The summed E-state index contributed by atoms with van der Waals surface area (Å²) in [5.74, 6) is -0.373. The predicted molar refractivity (Wildman–Crippen MR) is 97.7 cm³/mol. The number of amides is 1. The Morgan fingerprint density at radius 2 is 1.79 bits per heavy atom. The highest BCUT2D eigenvalue weighted by Gasteiger charge is 2.17. The molecule has 0 radical (unpaired) electrons. The molecule has 5 heteroatoms. The van der Waals surface area contributed by atoms with Crippen LogP contribution in [0, 0.1) is 11.3 Å². The van der Waals surface area contributed by atoms with Gasteiger partial charge < -0.3 is 15.5 Å². The first kappa shape index (κ1) is 17.9. The third kappa shape index (κ3) is 5.31. The second kappa shape index (κ2) is 7.87. The van der Waals surface area contributed by atoms with Gasteiger partial charge in [-0.25, -0.2) is 0 Å². The standard InChI is InChI=1S/C19H26N4O/c1-19(2,3)22-18(24)15(13-20)14-21-16-7-9-17(10-8-16)23-11-5-4-6-12-23/h7-10,14,21H,4-6,11-12H2,1-3H3,(H,22,24)/b15-14-. The van der Waals surface area contributed by atoms with Crippen molar-refractivity contribution in [3.63, 3.8) is 0 Å². The Labute approximate surface area is 144 Å². The summed E-state index contributed by atoms with van der Waals surface area (Å²) in [7, 11) is 0. The maximum absolute atomic E-state index is 12.0. The molecule has 1 aliphatic heterocycles. The molecule has 1 fully saturated rings. The molecule has 1 aromatic rings. The van der Waals surface area contributed by atoms with Crippen LogP contribution in [0.1, 0.15) is 40.0 Å². The Hall–Kier alpha value is -2.48. The van der Waals surface area contributed by atoms with Gasteiger partial charge in [-0.2, -0.15) is 5.26 Å². The molecule has 1 saturated heterocycles. The number of carbonyl (C=O) groups is 1. The lowest BCUT2D eigenvalue weighted by atomic mass is 10.1. The topological polar surface area (TPSA) is 68.2 Å². The molecule has 1 aromatic carbocycles. The minimum absolute atomic E-state index is 0.0602. The van der Waals surface area contributed by atoms with Gasteiger partial charge >= 0.3 is 0 Å². The number of benzene rings is 1. The van der Waals surface area contributed by atoms with Gasteiger partial charge in [0.1, 0.15) is 11.6 Å². The third-order valence-electron chi connectivity index (χ3n) is 3.83. The third-order valence-corrected chi connectivity index (χ3v) is 3.83. The summed E-state index contributed by atoms with van der Waals surface area (Å²) in [6.45, 7) is 7.86. The van der Waals surface area contributed by atoms with Gasteiger partial charge in [-0.05, 0) is 64.3 Å². The first-order valence-electron chi connectivity index (χ1n) is 8.43. The number of nitrogens with one attached hydrogen (secondary N) is 2. The first-order chi connectivity index (χ1) is 11.4. The molecule has 0 saturated carbocycles. The zero-order chi connectivity index (χ0) is 17.6. The highest BCUT2D eigenvalue weighted by atomic mass is 16.1. The Bertz CT molecular complexity index is 629. The van der Waals surface area contributed by atoms with Gasteiger partial charge in [-0.3, -0.25) is 4.79 Å². The van der Waals surface area contributed by atoms with Gasteiger partial charge in [0.2, 0.25) is 0 Å². The summed E-state index contributed by atoms with van der Waals surface area (Å²) in [6, 6.07) is 10.0. The van der Waals surface area contributed by atoms with E-state index in [0.717, 1.165) is 18.8 Å². The van der Waals surface area contributed by atoms with E-state index in [2.05, 4.69) is 27.7 Å². The molecule has 2 N–H and O–H groups in total. The fourth-order valence-corrected chi connectivity index (χ4v) is 2.63. The normalized spacial score (nSPS) is 15.6. The lowest BCUT2D eigenvalue weighted by Gasteiger charge is -2.28. The zero-order valence-electron chi connectivity index (χ0n) is 14.7. The molecule has 0 spiro atoms. The van der Waals surface area contributed by atoms with Crippen LogP contribution in [0.25, 0.3) is 0 Å². The van der Waals surface area contributed by atoms with Gasteiger partial charge in [-0.1, -0.05) is 0 Å². The molecule has 1 heterocycles. The molecular formula is C19H26N4O. The van der Waals surface area contributed by atoms with Crippen molar-refractivity contribution in [2.24, 2.45) is 0 Å². The van der Waals surface area contributed by atoms with Crippen LogP contribution >= 0.6 is 0 Å². The largest absolute Gasteiger partial charge is 0.372 e. The van der Waals surface area contributed by atoms with E-state index < -0.39 is 0 Å². The van der Waals surface area contributed by atoms with Crippen molar-refractivity contribution in [1.29, 1.82) is 5.26 Å². The smallest absolute Gasteiger partial charge is 0.263 e. The highest BCUT2D eigenvalue weighted by molar-refractivity contribution is 5.97. The molecule has 24 heavy (non-hydrogen) atoms. The van der Waals surface area contributed by atoms with Crippen molar-refractivity contribution in [3.05, 3.63) is 36.0 Å². The van der Waals surface area contributed by atoms with Crippen molar-refractivity contribution in [2.45, 2.75) is 45.6 Å². The van der Waals surface area contributed by atoms with E-state index in [-0.39, 0.29) is 17.0 Å². The van der Waals surface area contributed by atoms with Crippen molar-refractivity contribution >= 4 is 17.3 Å². The van der Waals surface area contributed by atoms with Crippen LogP contribution in [0.15, 0.2) is 36.0 Å². The summed E-state index contributed by atoms with van der Waals surface area (Å²) >= 11 is 0. The van der Waals surface area contributed by atoms with Gasteiger partial charge in [0.25, 0.3) is 5.91 Å². The van der Waals surface area contributed by atoms with Crippen LogP contribution in [-0.2, 0) is 4.79 Å². The van der Waals surface area contributed by atoms with Crippen molar-refractivity contribution in [3.8, 4) is 6.07 Å². The molecule has 1 aliphatic rings. The number of rotatable bonds is 4. The Balaban J connectivity index is 1.99. The van der Waals surface area contributed by atoms with Gasteiger partial charge in [0.15, 0.2) is 0 Å². The van der Waals surface area contributed by atoms with Crippen molar-refractivity contribution in [1.82, 2.24) is 5.32 Å². The molecule has 0 aliphatic carbocycles. The Morgan fingerprint density at radius 3 is 2.33 bits per heavy atom. The van der Waals surface area contributed by atoms with Crippen LogP contribution in [0.3, 0.4) is 0 Å². The van der Waals surface area contributed by atoms with Crippen LogP contribution in [0.4, 0.5) is 11.4 Å². The molecule has 0 bridgehead atoms. The fourth-order valence-electron chi connectivity index (χ4n) is 2.63. The van der Waals surface area contributed by atoms with Crippen LogP contribution in [0.2, 0.25) is 0 Å². The van der Waals surface area contributed by atoms with E-state index in [1.807, 2.05) is 39.0 Å². The molecular weight excluding hydrogens is 300 g/mol. The molecule has 1 amide bonds. The SMILES string of the molecule is CC(C)(C)NC(=O)/C(C#N)=C\Nc1ccc(N2CCCCC2)cc1. The maximum atomic E-state index is 12.0. The monoisotopic (exact) mass is 326 g/mol. The quantitative estimate of drug-likeness (QED) is 0.657. The maximum Gasteiger partial charge on any atom is 0.263 e. The number of nitrogens with zero attached hydrogens (tertiary/aromatic N) is 2. The lowest BCUT2D eigenvalue weighted by molar-refractivity contribution is -0.118. The number of nitriles is 1. The molecule has 128 valence electrons. The zero-order valence-corrected chi connectivity index (χ0v) is 14.7. The van der Waals surface area contributed by atoms with E-state index in [9.17, 15) is 4.79 Å². The number of hydrogen-bond donors (Lipinski definition) is 2. The second-order valence-electron chi connectivity index (χ2n) is 7.11. The number of anilines is 2. The Morgan fingerprint density at radius 1 is 1.17 bits per heavy atom. The lowest BCUT2D eigenvalue weighted by Crippen LogP contribution is -2.41. The highest BCUT2D eigenvalue weighted by Crippen LogP contribution is 2.21. The summed E-state index contributed by atoms with van der Waals surface area (Å²) in [5, 5.41) is 15.0. The number of piperidine rings is 1. The summed E-state index contributed by atoms with van der Waals surface area (Å²) in [5.41, 5.74) is 1.76. The van der Waals surface area contributed by atoms with Gasteiger partial charge in [0.05, 0.1) is 0 Å². The molecule has 0 aromatic heterocycles. The van der Waals surface area contributed by atoms with Gasteiger partial charge in [-0.15, -0.1) is 0 Å². The minimum atomic E-state index is -0.373. The van der Waals surface area contributed by atoms with Crippen LogP contribution in [-0.4, -0.2) is 24.5 Å². The van der Waals surface area contributed by atoms with E-state index in [4.69, 9.17) is 5.26 Å². The molecule has 0 atom stereocenters. The average Bonchev–Trinajstić information content (AvgIpc) is 2.55. The van der Waals surface area contributed by atoms with Crippen molar-refractivity contribution in [2.75, 3.05) is 23.3 Å². The number of hydrogen-bond acceptors (Lipinski definition) is 4. The average molecular weight is 326 g/mol. The van der Waals surface area contributed by atoms with E-state index in [1.54, 1.807) is 0 Å². The number of carbonyl (C=O) groups excluding carboxylic acids is 1. The Kier molecular flexibility index (Phi) is 5.86. The van der Waals surface area contributed by atoms with Gasteiger partial charge in [0, 0.05) is 36.2 Å². The first-order valence-corrected chi connectivity index (χ1v) is 8.43. The molecule has 0 unspecified atom stereocenters. The summed E-state index contributed by atoms with van der Waals surface area (Å²) in [6.07, 6.45) is 5.26. The van der Waals surface area contributed by atoms with Crippen LogP contribution in [0.5, 0.6) is 0 Å². The van der Waals surface area contributed by atoms with Crippen LogP contribution < -0.4 is 15.5 Å². The van der Waals surface area contributed by atoms with Crippen molar-refractivity contribution < 1.29 is 4.79 Å². The predicted octanol–water partition coefficient (Wildman–Crippen LogP) is 3.41. The van der Waals surface area contributed by atoms with E-state index in [1.165, 1.54) is 31.1 Å². The second-order valence-corrected chi connectivity index (χ2v) is 7.11. The van der Waals surface area contributed by atoms with E-state index >= 15 is 0 Å².